The minimum Gasteiger partial charge on any atom is -0.497 e. The molecule has 166 valence electrons. The third-order valence-electron chi connectivity index (χ3n) is 6.46. The van der Waals surface area contributed by atoms with Crippen LogP contribution in [0.3, 0.4) is 0 Å². The van der Waals surface area contributed by atoms with Gasteiger partial charge in [-0.15, -0.1) is 0 Å². The Kier molecular flexibility index (Phi) is 5.38. The molecule has 7 nitrogen and oxygen atoms in total. The first kappa shape index (κ1) is 20.6. The van der Waals surface area contributed by atoms with E-state index < -0.39 is 0 Å². The normalized spacial score (nSPS) is 18.1. The second-order valence-corrected chi connectivity index (χ2v) is 8.61. The van der Waals surface area contributed by atoms with Crippen molar-refractivity contribution in [1.82, 2.24) is 25.0 Å². The highest BCUT2D eigenvalue weighted by Gasteiger charge is 2.40. The van der Waals surface area contributed by atoms with Crippen molar-refractivity contribution >= 4 is 5.91 Å². The van der Waals surface area contributed by atoms with Gasteiger partial charge in [-0.3, -0.25) is 9.69 Å². The lowest BCUT2D eigenvalue weighted by molar-refractivity contribution is -0.123. The van der Waals surface area contributed by atoms with E-state index in [0.29, 0.717) is 24.4 Å². The molecule has 0 unspecified atom stereocenters. The van der Waals surface area contributed by atoms with Crippen molar-refractivity contribution < 1.29 is 13.9 Å². The summed E-state index contributed by atoms with van der Waals surface area (Å²) in [5.41, 5.74) is 1.25. The standard InChI is InChI=1S/C24H26FN5O2/c1-32-19-8-6-17(7-9-19)23-26-21-14-24(27-22(31)16-30(21)28-23)10-12-29(13-11-24)15-18-4-2-3-5-20(18)25/h2-9H,10-16H2,1H3,(H,27,31). The van der Waals surface area contributed by atoms with Gasteiger partial charge >= 0.3 is 0 Å². The van der Waals surface area contributed by atoms with Gasteiger partial charge in [0.15, 0.2) is 5.82 Å². The van der Waals surface area contributed by atoms with E-state index in [1.807, 2.05) is 36.4 Å². The Balaban J connectivity index is 1.32. The van der Waals surface area contributed by atoms with Gasteiger partial charge in [0.25, 0.3) is 0 Å². The van der Waals surface area contributed by atoms with Crippen LogP contribution in [0.4, 0.5) is 4.39 Å². The van der Waals surface area contributed by atoms with Crippen LogP contribution in [0.15, 0.2) is 48.5 Å². The van der Waals surface area contributed by atoms with Gasteiger partial charge in [-0.05, 0) is 43.2 Å². The number of methoxy groups -OCH3 is 1. The van der Waals surface area contributed by atoms with Gasteiger partial charge < -0.3 is 10.1 Å². The molecule has 32 heavy (non-hydrogen) atoms. The molecule has 1 fully saturated rings. The molecule has 1 spiro atoms. The van der Waals surface area contributed by atoms with Crippen molar-refractivity contribution in [2.24, 2.45) is 0 Å². The van der Waals surface area contributed by atoms with Crippen molar-refractivity contribution in [3.8, 4) is 17.1 Å². The van der Waals surface area contributed by atoms with Crippen molar-refractivity contribution in [1.29, 1.82) is 0 Å². The maximum absolute atomic E-state index is 14.0. The lowest BCUT2D eigenvalue weighted by atomic mass is 9.84. The minimum atomic E-state index is -0.346. The first-order valence-corrected chi connectivity index (χ1v) is 10.9. The quantitative estimate of drug-likeness (QED) is 0.682. The van der Waals surface area contributed by atoms with Gasteiger partial charge in [0.2, 0.25) is 5.91 Å². The summed E-state index contributed by atoms with van der Waals surface area (Å²) in [4.78, 5) is 19.7. The predicted octanol–water partition coefficient (Wildman–Crippen LogP) is 2.80. The Hall–Kier alpha value is -3.26. The van der Waals surface area contributed by atoms with E-state index in [-0.39, 0.29) is 23.8 Å². The Labute approximate surface area is 186 Å². The van der Waals surface area contributed by atoms with Crippen molar-refractivity contribution in [2.45, 2.75) is 37.9 Å². The van der Waals surface area contributed by atoms with E-state index in [1.54, 1.807) is 17.9 Å². The molecule has 5 rings (SSSR count). The maximum atomic E-state index is 14.0. The number of carbonyl (C=O) groups is 1. The van der Waals surface area contributed by atoms with Gasteiger partial charge in [0.05, 0.1) is 7.11 Å². The van der Waals surface area contributed by atoms with Crippen molar-refractivity contribution in [2.75, 3.05) is 20.2 Å². The fourth-order valence-corrected chi connectivity index (χ4v) is 4.62. The van der Waals surface area contributed by atoms with Gasteiger partial charge in [-0.1, -0.05) is 18.2 Å². The topological polar surface area (TPSA) is 72.3 Å². The highest BCUT2D eigenvalue weighted by Crippen LogP contribution is 2.30. The van der Waals surface area contributed by atoms with Crippen molar-refractivity contribution in [3.63, 3.8) is 0 Å². The first-order valence-electron chi connectivity index (χ1n) is 10.9. The summed E-state index contributed by atoms with van der Waals surface area (Å²) >= 11 is 0. The van der Waals surface area contributed by atoms with Crippen LogP contribution in [-0.4, -0.2) is 51.3 Å². The molecule has 8 heteroatoms. The molecule has 0 bridgehead atoms. The zero-order valence-corrected chi connectivity index (χ0v) is 18.1. The number of likely N-dealkylation sites (tertiary alicyclic amines) is 1. The van der Waals surface area contributed by atoms with Crippen LogP contribution < -0.4 is 10.1 Å². The van der Waals surface area contributed by atoms with Gasteiger partial charge in [-0.25, -0.2) is 14.1 Å². The number of hydrogen-bond donors (Lipinski definition) is 1. The van der Waals surface area contributed by atoms with Crippen LogP contribution in [0, 0.1) is 5.82 Å². The molecular weight excluding hydrogens is 409 g/mol. The maximum Gasteiger partial charge on any atom is 0.242 e. The number of aromatic nitrogens is 3. The molecule has 1 saturated heterocycles. The summed E-state index contributed by atoms with van der Waals surface area (Å²) in [6.45, 7) is 2.32. The molecule has 0 aliphatic carbocycles. The summed E-state index contributed by atoms with van der Waals surface area (Å²) in [6, 6.07) is 14.5. The molecule has 1 amide bonds. The molecule has 0 atom stereocenters. The number of carbonyl (C=O) groups excluding carboxylic acids is 1. The number of benzene rings is 2. The number of nitrogens with one attached hydrogen (secondary N) is 1. The Morgan fingerprint density at radius 3 is 2.59 bits per heavy atom. The molecule has 2 aromatic carbocycles. The van der Waals surface area contributed by atoms with E-state index in [0.717, 1.165) is 43.1 Å². The lowest BCUT2D eigenvalue weighted by Gasteiger charge is -2.41. The van der Waals surface area contributed by atoms with E-state index >= 15 is 0 Å². The number of ether oxygens (including phenoxy) is 1. The van der Waals surface area contributed by atoms with Crippen LogP contribution >= 0.6 is 0 Å². The Bertz CT molecular complexity index is 1120. The van der Waals surface area contributed by atoms with E-state index in [2.05, 4.69) is 15.3 Å². The average Bonchev–Trinajstić information content (AvgIpc) is 3.13. The second-order valence-electron chi connectivity index (χ2n) is 8.61. The number of fused-ring (bicyclic) bond motifs is 1. The highest BCUT2D eigenvalue weighted by atomic mass is 19.1. The summed E-state index contributed by atoms with van der Waals surface area (Å²) < 4.78 is 21.0. The monoisotopic (exact) mass is 435 g/mol. The summed E-state index contributed by atoms with van der Waals surface area (Å²) in [7, 11) is 1.63. The smallest absolute Gasteiger partial charge is 0.242 e. The third-order valence-corrected chi connectivity index (χ3v) is 6.46. The molecule has 3 aromatic rings. The third kappa shape index (κ3) is 4.10. The molecular formula is C24H26FN5O2. The SMILES string of the molecule is COc1ccc(-c2nc3n(n2)CC(=O)NC2(CCN(Cc4ccccc4F)CC2)C3)cc1. The average molecular weight is 436 g/mol. The van der Waals surface area contributed by atoms with Crippen LogP contribution in [0.25, 0.3) is 11.4 Å². The fourth-order valence-electron chi connectivity index (χ4n) is 4.62. The number of hydrogen-bond acceptors (Lipinski definition) is 5. The van der Waals surface area contributed by atoms with E-state index in [9.17, 15) is 9.18 Å². The molecule has 3 heterocycles. The predicted molar refractivity (Wildman–Crippen MR) is 117 cm³/mol. The highest BCUT2D eigenvalue weighted by molar-refractivity contribution is 5.77. The molecule has 2 aliphatic rings. The second kappa shape index (κ2) is 8.35. The van der Waals surface area contributed by atoms with Crippen molar-refractivity contribution in [3.05, 3.63) is 65.7 Å². The van der Waals surface area contributed by atoms with Crippen LogP contribution in [0.1, 0.15) is 24.2 Å². The Morgan fingerprint density at radius 2 is 1.88 bits per heavy atom. The van der Waals surface area contributed by atoms with E-state index in [1.165, 1.54) is 6.07 Å². The number of amides is 1. The molecule has 0 radical (unpaired) electrons. The largest absolute Gasteiger partial charge is 0.497 e. The number of halogens is 1. The Morgan fingerprint density at radius 1 is 1.12 bits per heavy atom. The van der Waals surface area contributed by atoms with Gasteiger partial charge in [-0.2, -0.15) is 5.10 Å². The van der Waals surface area contributed by atoms with Crippen LogP contribution in [0.5, 0.6) is 5.75 Å². The van der Waals surface area contributed by atoms with E-state index in [4.69, 9.17) is 9.72 Å². The van der Waals surface area contributed by atoms with Gasteiger partial charge in [0.1, 0.15) is 23.9 Å². The zero-order chi connectivity index (χ0) is 22.1. The van der Waals surface area contributed by atoms with Crippen LogP contribution in [-0.2, 0) is 24.3 Å². The first-order chi connectivity index (χ1) is 15.5. The summed E-state index contributed by atoms with van der Waals surface area (Å²) in [6.07, 6.45) is 2.21. The lowest BCUT2D eigenvalue weighted by Crippen LogP contribution is -2.56. The van der Waals surface area contributed by atoms with Crippen LogP contribution in [0.2, 0.25) is 0 Å². The number of nitrogens with zero attached hydrogens (tertiary/aromatic N) is 4. The summed E-state index contributed by atoms with van der Waals surface area (Å²) in [5, 5.41) is 7.84. The zero-order valence-electron chi connectivity index (χ0n) is 18.1. The summed E-state index contributed by atoms with van der Waals surface area (Å²) in [5.74, 6) is 1.99. The molecule has 1 N–H and O–H groups in total. The molecule has 1 aromatic heterocycles. The van der Waals surface area contributed by atoms with Gasteiger partial charge in [0, 0.05) is 42.7 Å². The fraction of sp³-hybridized carbons (Fsp3) is 0.375. The number of rotatable bonds is 4. The number of piperidine rings is 1. The molecule has 2 aliphatic heterocycles. The molecule has 0 saturated carbocycles. The minimum absolute atomic E-state index is 0.0440.